The molecule has 0 rings (SSSR count). The summed E-state index contributed by atoms with van der Waals surface area (Å²) in [6.07, 6.45) is 0.0197. The molecular weight excluding hydrogens is 206 g/mol. The zero-order chi connectivity index (χ0) is 12.7. The highest BCUT2D eigenvalue weighted by molar-refractivity contribution is 5.76. The second-order valence-electron chi connectivity index (χ2n) is 4.74. The Morgan fingerprint density at radius 1 is 1.06 bits per heavy atom. The van der Waals surface area contributed by atoms with Crippen molar-refractivity contribution < 1.29 is 14.3 Å². The minimum Gasteiger partial charge on any atom is -0.462 e. The maximum Gasteiger partial charge on any atom is 0.325 e. The van der Waals surface area contributed by atoms with Crippen molar-refractivity contribution in [1.29, 1.82) is 0 Å². The van der Waals surface area contributed by atoms with Gasteiger partial charge in [0.25, 0.3) is 0 Å². The van der Waals surface area contributed by atoms with E-state index in [1.165, 1.54) is 0 Å². The molecule has 0 saturated heterocycles. The Balaban J connectivity index is 4.23. The molecule has 0 aliphatic rings. The number of rotatable bonds is 7. The minimum absolute atomic E-state index is 0.0944. The fourth-order valence-corrected chi connectivity index (χ4v) is 1.19. The second-order valence-corrected chi connectivity index (χ2v) is 4.74. The number of esters is 1. The summed E-state index contributed by atoms with van der Waals surface area (Å²) in [5.74, 6) is -0.246. The van der Waals surface area contributed by atoms with Gasteiger partial charge in [-0.05, 0) is 27.7 Å². The van der Waals surface area contributed by atoms with Gasteiger partial charge in [-0.15, -0.1) is 0 Å². The van der Waals surface area contributed by atoms with Crippen LogP contribution in [0.15, 0.2) is 0 Å². The van der Waals surface area contributed by atoms with Gasteiger partial charge in [-0.3, -0.25) is 4.79 Å². The maximum absolute atomic E-state index is 11.7. The normalized spacial score (nSPS) is 13.6. The van der Waals surface area contributed by atoms with Gasteiger partial charge in [-0.1, -0.05) is 13.8 Å². The summed E-state index contributed by atoms with van der Waals surface area (Å²) in [7, 11) is 0. The molecule has 0 heterocycles. The largest absolute Gasteiger partial charge is 0.462 e. The van der Waals surface area contributed by atoms with Crippen molar-refractivity contribution in [3.63, 3.8) is 0 Å². The third kappa shape index (κ3) is 7.65. The molecule has 0 aromatic carbocycles. The lowest BCUT2D eigenvalue weighted by atomic mass is 10.2. The SMILES string of the molecule is CC(C)N[C@@H](COC(C)C)C(=O)OC(C)C. The summed E-state index contributed by atoms with van der Waals surface area (Å²) < 4.78 is 10.6. The fraction of sp³-hybridized carbons (Fsp3) is 0.917. The average Bonchev–Trinajstić information content (AvgIpc) is 2.09. The number of carbonyl (C=O) groups is 1. The van der Waals surface area contributed by atoms with Crippen LogP contribution in [0.5, 0.6) is 0 Å². The van der Waals surface area contributed by atoms with E-state index in [1.54, 1.807) is 0 Å². The molecule has 16 heavy (non-hydrogen) atoms. The van der Waals surface area contributed by atoms with Crippen LogP contribution in [0.2, 0.25) is 0 Å². The van der Waals surface area contributed by atoms with Crippen LogP contribution in [-0.2, 0) is 14.3 Å². The van der Waals surface area contributed by atoms with Crippen molar-refractivity contribution in [3.05, 3.63) is 0 Å². The first kappa shape index (κ1) is 15.4. The molecule has 0 aliphatic heterocycles. The molecule has 4 heteroatoms. The summed E-state index contributed by atoms with van der Waals surface area (Å²) >= 11 is 0. The Kier molecular flexibility index (Phi) is 7.34. The van der Waals surface area contributed by atoms with Crippen molar-refractivity contribution in [2.75, 3.05) is 6.61 Å². The molecule has 1 N–H and O–H groups in total. The standard InChI is InChI=1S/C12H25NO3/c1-8(2)13-11(7-15-9(3)4)12(14)16-10(5)6/h8-11,13H,7H2,1-6H3/t11-/m0/s1. The number of nitrogens with one attached hydrogen (secondary N) is 1. The number of hydrogen-bond acceptors (Lipinski definition) is 4. The van der Waals surface area contributed by atoms with Crippen LogP contribution in [0.1, 0.15) is 41.5 Å². The summed E-state index contributed by atoms with van der Waals surface area (Å²) in [5.41, 5.74) is 0. The lowest BCUT2D eigenvalue weighted by Crippen LogP contribution is -2.46. The van der Waals surface area contributed by atoms with E-state index in [0.717, 1.165) is 0 Å². The lowest BCUT2D eigenvalue weighted by Gasteiger charge is -2.22. The molecule has 96 valence electrons. The van der Waals surface area contributed by atoms with Crippen LogP contribution in [0, 0.1) is 0 Å². The third-order valence-corrected chi connectivity index (χ3v) is 1.77. The zero-order valence-electron chi connectivity index (χ0n) is 11.2. The molecule has 0 unspecified atom stereocenters. The molecule has 0 spiro atoms. The van der Waals surface area contributed by atoms with E-state index < -0.39 is 0 Å². The van der Waals surface area contributed by atoms with E-state index in [2.05, 4.69) is 5.32 Å². The van der Waals surface area contributed by atoms with Crippen LogP contribution >= 0.6 is 0 Å². The molecule has 0 fully saturated rings. The Hall–Kier alpha value is -0.610. The highest BCUT2D eigenvalue weighted by atomic mass is 16.5. The van der Waals surface area contributed by atoms with Gasteiger partial charge in [0.05, 0.1) is 18.8 Å². The molecular formula is C12H25NO3. The first-order valence-corrected chi connectivity index (χ1v) is 5.91. The van der Waals surface area contributed by atoms with E-state index in [-0.39, 0.29) is 30.3 Å². The maximum atomic E-state index is 11.7. The molecule has 0 aromatic rings. The predicted molar refractivity (Wildman–Crippen MR) is 64.4 cm³/mol. The van der Waals surface area contributed by atoms with Gasteiger partial charge < -0.3 is 14.8 Å². The summed E-state index contributed by atoms with van der Waals surface area (Å²) in [6.45, 7) is 11.9. The minimum atomic E-state index is -0.384. The van der Waals surface area contributed by atoms with Crippen molar-refractivity contribution >= 4 is 5.97 Å². The summed E-state index contributed by atoms with van der Waals surface area (Å²) in [4.78, 5) is 11.7. The first-order chi connectivity index (χ1) is 7.32. The summed E-state index contributed by atoms with van der Waals surface area (Å²) in [6, 6.07) is -0.162. The van der Waals surface area contributed by atoms with Crippen molar-refractivity contribution in [2.45, 2.75) is 65.8 Å². The average molecular weight is 231 g/mol. The molecule has 0 amide bonds. The topological polar surface area (TPSA) is 47.6 Å². The van der Waals surface area contributed by atoms with Crippen molar-refractivity contribution in [1.82, 2.24) is 5.32 Å². The Labute approximate surface area is 98.7 Å². The lowest BCUT2D eigenvalue weighted by molar-refractivity contribution is -0.152. The summed E-state index contributed by atoms with van der Waals surface area (Å²) in [5, 5.41) is 3.14. The number of ether oxygens (including phenoxy) is 2. The highest BCUT2D eigenvalue weighted by Gasteiger charge is 2.22. The van der Waals surface area contributed by atoms with Gasteiger partial charge in [-0.25, -0.2) is 0 Å². The molecule has 0 bridgehead atoms. The molecule has 0 radical (unpaired) electrons. The molecule has 0 aromatic heterocycles. The van der Waals surface area contributed by atoms with Crippen LogP contribution < -0.4 is 5.32 Å². The quantitative estimate of drug-likeness (QED) is 0.678. The van der Waals surface area contributed by atoms with Gasteiger partial charge in [-0.2, -0.15) is 0 Å². The van der Waals surface area contributed by atoms with Crippen LogP contribution in [-0.4, -0.2) is 36.9 Å². The van der Waals surface area contributed by atoms with Gasteiger partial charge >= 0.3 is 5.97 Å². The van der Waals surface area contributed by atoms with E-state index in [4.69, 9.17) is 9.47 Å². The molecule has 0 saturated carbocycles. The zero-order valence-corrected chi connectivity index (χ0v) is 11.2. The fourth-order valence-electron chi connectivity index (χ4n) is 1.19. The Bertz CT molecular complexity index is 202. The smallest absolute Gasteiger partial charge is 0.325 e. The van der Waals surface area contributed by atoms with Gasteiger partial charge in [0.15, 0.2) is 0 Å². The Morgan fingerprint density at radius 2 is 1.62 bits per heavy atom. The van der Waals surface area contributed by atoms with Crippen LogP contribution in [0.25, 0.3) is 0 Å². The molecule has 4 nitrogen and oxygen atoms in total. The Morgan fingerprint density at radius 3 is 2.00 bits per heavy atom. The van der Waals surface area contributed by atoms with E-state index in [0.29, 0.717) is 6.61 Å². The van der Waals surface area contributed by atoms with Crippen molar-refractivity contribution in [3.8, 4) is 0 Å². The molecule has 1 atom stereocenters. The first-order valence-electron chi connectivity index (χ1n) is 5.91. The van der Waals surface area contributed by atoms with Gasteiger partial charge in [0.1, 0.15) is 6.04 Å². The molecule has 0 aliphatic carbocycles. The third-order valence-electron chi connectivity index (χ3n) is 1.77. The van der Waals surface area contributed by atoms with E-state index >= 15 is 0 Å². The van der Waals surface area contributed by atoms with Crippen LogP contribution in [0.4, 0.5) is 0 Å². The predicted octanol–water partition coefficient (Wildman–Crippen LogP) is 1.73. The van der Waals surface area contributed by atoms with Crippen molar-refractivity contribution in [2.24, 2.45) is 0 Å². The van der Waals surface area contributed by atoms with Gasteiger partial charge in [0.2, 0.25) is 0 Å². The highest BCUT2D eigenvalue weighted by Crippen LogP contribution is 1.99. The van der Waals surface area contributed by atoms with Gasteiger partial charge in [0, 0.05) is 6.04 Å². The monoisotopic (exact) mass is 231 g/mol. The van der Waals surface area contributed by atoms with E-state index in [1.807, 2.05) is 41.5 Å². The van der Waals surface area contributed by atoms with E-state index in [9.17, 15) is 4.79 Å². The second kappa shape index (κ2) is 7.63. The number of hydrogen-bond donors (Lipinski definition) is 1. The number of carbonyl (C=O) groups excluding carboxylic acids is 1. The van der Waals surface area contributed by atoms with Crippen LogP contribution in [0.3, 0.4) is 0 Å².